The number of hydrogen-bond donors (Lipinski definition) is 1. The number of sulfonamides is 1. The van der Waals surface area contributed by atoms with Crippen molar-refractivity contribution < 1.29 is 17.7 Å². The summed E-state index contributed by atoms with van der Waals surface area (Å²) in [6.07, 6.45) is 3.28. The number of amides is 1. The van der Waals surface area contributed by atoms with Crippen molar-refractivity contribution in [3.63, 3.8) is 0 Å². The zero-order valence-corrected chi connectivity index (χ0v) is 14.2. The number of nitrogens with zero attached hydrogens (tertiary/aromatic N) is 3. The second-order valence-corrected chi connectivity index (χ2v) is 7.79. The van der Waals surface area contributed by atoms with Crippen molar-refractivity contribution in [2.45, 2.75) is 25.3 Å². The van der Waals surface area contributed by atoms with Crippen molar-refractivity contribution in [1.29, 1.82) is 0 Å². The zero-order chi connectivity index (χ0) is 17.3. The van der Waals surface area contributed by atoms with Gasteiger partial charge in [-0.15, -0.1) is 0 Å². The number of carbonyl (C=O) groups excluding carboxylic acids is 1. The summed E-state index contributed by atoms with van der Waals surface area (Å²) in [7, 11) is -1.87. The van der Waals surface area contributed by atoms with Crippen LogP contribution in [0, 0.1) is 0 Å². The van der Waals surface area contributed by atoms with E-state index in [4.69, 9.17) is 4.52 Å². The Kier molecular flexibility index (Phi) is 4.27. The van der Waals surface area contributed by atoms with Gasteiger partial charge in [0.1, 0.15) is 0 Å². The number of hydrogen-bond acceptors (Lipinski definition) is 6. The van der Waals surface area contributed by atoms with E-state index in [2.05, 4.69) is 15.5 Å². The average molecular weight is 350 g/mol. The van der Waals surface area contributed by atoms with E-state index in [1.807, 2.05) is 0 Å². The van der Waals surface area contributed by atoms with E-state index in [1.54, 1.807) is 24.3 Å². The molecule has 1 aromatic carbocycles. The summed E-state index contributed by atoms with van der Waals surface area (Å²) in [5.74, 6) is 1.18. The van der Waals surface area contributed by atoms with Gasteiger partial charge < -0.3 is 9.84 Å². The predicted octanol–water partition coefficient (Wildman–Crippen LogP) is 1.27. The van der Waals surface area contributed by atoms with E-state index in [0.29, 0.717) is 28.9 Å². The van der Waals surface area contributed by atoms with E-state index in [9.17, 15) is 13.2 Å². The topological polar surface area (TPSA) is 105 Å². The highest BCUT2D eigenvalue weighted by Crippen LogP contribution is 2.38. The molecule has 1 heterocycles. The highest BCUT2D eigenvalue weighted by atomic mass is 32.2. The maximum Gasteiger partial charge on any atom is 0.251 e. The lowest BCUT2D eigenvalue weighted by molar-refractivity contribution is 0.0946. The van der Waals surface area contributed by atoms with Crippen LogP contribution in [-0.2, 0) is 16.6 Å². The van der Waals surface area contributed by atoms with Crippen LogP contribution >= 0.6 is 0 Å². The molecule has 1 saturated carbocycles. The van der Waals surface area contributed by atoms with E-state index in [1.165, 1.54) is 7.05 Å². The Morgan fingerprint density at radius 1 is 1.33 bits per heavy atom. The molecule has 0 atom stereocenters. The Balaban J connectivity index is 1.60. The Hall–Kier alpha value is -2.42. The van der Waals surface area contributed by atoms with Crippen LogP contribution in [-0.4, -0.2) is 37.8 Å². The predicted molar refractivity (Wildman–Crippen MR) is 87.1 cm³/mol. The minimum atomic E-state index is -3.33. The SMILES string of the molecule is CN(c1ccc(C(=O)NCc2nc(C3CC3)no2)cc1)S(C)(=O)=O. The third-order valence-electron chi connectivity index (χ3n) is 3.82. The van der Waals surface area contributed by atoms with E-state index >= 15 is 0 Å². The van der Waals surface area contributed by atoms with Crippen LogP contribution in [0.5, 0.6) is 0 Å². The molecule has 0 radical (unpaired) electrons. The van der Waals surface area contributed by atoms with Gasteiger partial charge in [0.15, 0.2) is 5.82 Å². The minimum Gasteiger partial charge on any atom is -0.343 e. The number of nitrogens with one attached hydrogen (secondary N) is 1. The normalized spacial score (nSPS) is 14.4. The first-order valence-electron chi connectivity index (χ1n) is 7.49. The highest BCUT2D eigenvalue weighted by Gasteiger charge is 2.28. The maximum atomic E-state index is 12.1. The van der Waals surface area contributed by atoms with Crippen molar-refractivity contribution >= 4 is 21.6 Å². The monoisotopic (exact) mass is 350 g/mol. The standard InChI is InChI=1S/C15H18N4O4S/c1-19(24(2,21)22)12-7-5-11(6-8-12)15(20)16-9-13-17-14(18-23-13)10-3-4-10/h5-8,10H,3-4,9H2,1-2H3,(H,16,20). The molecule has 1 aromatic heterocycles. The Morgan fingerprint density at radius 2 is 2.00 bits per heavy atom. The molecule has 1 N–H and O–H groups in total. The molecular formula is C15H18N4O4S. The molecule has 128 valence electrons. The van der Waals surface area contributed by atoms with E-state index < -0.39 is 10.0 Å². The number of aromatic nitrogens is 2. The van der Waals surface area contributed by atoms with Crippen molar-refractivity contribution in [2.24, 2.45) is 0 Å². The van der Waals surface area contributed by atoms with Gasteiger partial charge in [-0.25, -0.2) is 8.42 Å². The summed E-state index contributed by atoms with van der Waals surface area (Å²) in [5.41, 5.74) is 0.905. The third kappa shape index (κ3) is 3.73. The van der Waals surface area contributed by atoms with Gasteiger partial charge in [0.05, 0.1) is 18.5 Å². The van der Waals surface area contributed by atoms with Crippen LogP contribution in [0.4, 0.5) is 5.69 Å². The fourth-order valence-electron chi connectivity index (χ4n) is 2.12. The lowest BCUT2D eigenvalue weighted by atomic mass is 10.2. The van der Waals surface area contributed by atoms with Crippen LogP contribution in [0.2, 0.25) is 0 Å². The summed E-state index contributed by atoms with van der Waals surface area (Å²) >= 11 is 0. The van der Waals surface area contributed by atoms with Gasteiger partial charge in [-0.3, -0.25) is 9.10 Å². The van der Waals surface area contributed by atoms with Crippen molar-refractivity contribution in [2.75, 3.05) is 17.6 Å². The van der Waals surface area contributed by atoms with Crippen LogP contribution < -0.4 is 9.62 Å². The molecule has 1 aliphatic carbocycles. The maximum absolute atomic E-state index is 12.1. The Labute approximate surface area is 139 Å². The van der Waals surface area contributed by atoms with Crippen molar-refractivity contribution in [1.82, 2.24) is 15.5 Å². The van der Waals surface area contributed by atoms with Gasteiger partial charge in [0.2, 0.25) is 15.9 Å². The summed E-state index contributed by atoms with van der Waals surface area (Å²) < 4.78 is 29.2. The molecule has 0 spiro atoms. The third-order valence-corrected chi connectivity index (χ3v) is 5.02. The summed E-state index contributed by atoms with van der Waals surface area (Å²) in [4.78, 5) is 16.4. The summed E-state index contributed by atoms with van der Waals surface area (Å²) in [6.45, 7) is 0.156. The Bertz CT molecular complexity index is 841. The van der Waals surface area contributed by atoms with Gasteiger partial charge in [-0.1, -0.05) is 5.16 Å². The molecule has 1 fully saturated rings. The van der Waals surface area contributed by atoms with E-state index in [-0.39, 0.29) is 12.5 Å². The molecule has 0 unspecified atom stereocenters. The Morgan fingerprint density at radius 3 is 2.58 bits per heavy atom. The minimum absolute atomic E-state index is 0.156. The summed E-state index contributed by atoms with van der Waals surface area (Å²) in [5, 5.41) is 6.58. The smallest absolute Gasteiger partial charge is 0.251 e. The first kappa shape index (κ1) is 16.4. The number of anilines is 1. The molecular weight excluding hydrogens is 332 g/mol. The molecule has 0 aliphatic heterocycles. The van der Waals surface area contributed by atoms with Gasteiger partial charge in [0.25, 0.3) is 5.91 Å². The quantitative estimate of drug-likeness (QED) is 0.841. The summed E-state index contributed by atoms with van der Waals surface area (Å²) in [6, 6.07) is 6.29. The number of carbonyl (C=O) groups is 1. The van der Waals surface area contributed by atoms with E-state index in [0.717, 1.165) is 23.4 Å². The first-order chi connectivity index (χ1) is 11.3. The first-order valence-corrected chi connectivity index (χ1v) is 9.34. The van der Waals surface area contributed by atoms with Gasteiger partial charge in [-0.2, -0.15) is 4.98 Å². The second-order valence-electron chi connectivity index (χ2n) is 5.78. The molecule has 0 bridgehead atoms. The van der Waals surface area contributed by atoms with Gasteiger partial charge in [0, 0.05) is 18.5 Å². The van der Waals surface area contributed by atoms with Crippen LogP contribution in [0.25, 0.3) is 0 Å². The largest absolute Gasteiger partial charge is 0.343 e. The highest BCUT2D eigenvalue weighted by molar-refractivity contribution is 7.92. The zero-order valence-electron chi connectivity index (χ0n) is 13.4. The number of rotatable bonds is 6. The molecule has 3 rings (SSSR count). The molecule has 2 aromatic rings. The molecule has 0 saturated heterocycles. The van der Waals surface area contributed by atoms with Gasteiger partial charge in [-0.05, 0) is 37.1 Å². The molecule has 8 nitrogen and oxygen atoms in total. The van der Waals surface area contributed by atoms with Crippen LogP contribution in [0.1, 0.15) is 40.8 Å². The van der Waals surface area contributed by atoms with Gasteiger partial charge >= 0.3 is 0 Å². The van der Waals surface area contributed by atoms with Crippen LogP contribution in [0.3, 0.4) is 0 Å². The molecule has 1 aliphatic rings. The second kappa shape index (κ2) is 6.23. The fourth-order valence-corrected chi connectivity index (χ4v) is 2.62. The number of benzene rings is 1. The average Bonchev–Trinajstić information content (AvgIpc) is 3.30. The van der Waals surface area contributed by atoms with Crippen molar-refractivity contribution in [3.8, 4) is 0 Å². The van der Waals surface area contributed by atoms with Crippen molar-refractivity contribution in [3.05, 3.63) is 41.5 Å². The lowest BCUT2D eigenvalue weighted by Gasteiger charge is -2.16. The molecule has 9 heteroatoms. The fraction of sp³-hybridized carbons (Fsp3) is 0.400. The lowest BCUT2D eigenvalue weighted by Crippen LogP contribution is -2.25. The van der Waals surface area contributed by atoms with Crippen LogP contribution in [0.15, 0.2) is 28.8 Å². The molecule has 24 heavy (non-hydrogen) atoms. The molecule has 1 amide bonds.